The highest BCUT2D eigenvalue weighted by atomic mass is 14.8. The second-order valence-corrected chi connectivity index (χ2v) is 16.1. The van der Waals surface area contributed by atoms with Crippen LogP contribution in [-0.2, 0) is 0 Å². The molecule has 0 atom stereocenters. The number of pyridine rings is 4. The van der Waals surface area contributed by atoms with E-state index in [9.17, 15) is 0 Å². The van der Waals surface area contributed by atoms with E-state index in [2.05, 4.69) is 188 Å². The molecule has 0 saturated carbocycles. The lowest BCUT2D eigenvalue weighted by atomic mass is 9.89. The van der Waals surface area contributed by atoms with Gasteiger partial charge in [-0.25, -0.2) is 19.9 Å². The van der Waals surface area contributed by atoms with Crippen LogP contribution in [-0.4, -0.2) is 19.9 Å². The topological polar surface area (TPSA) is 51.6 Å². The maximum atomic E-state index is 5.39. The van der Waals surface area contributed by atoms with E-state index in [1.165, 1.54) is 32.3 Å². The van der Waals surface area contributed by atoms with Crippen molar-refractivity contribution in [3.63, 3.8) is 0 Å². The fraction of sp³-hybridized carbons (Fsp3) is 0. The van der Waals surface area contributed by atoms with Gasteiger partial charge >= 0.3 is 0 Å². The van der Waals surface area contributed by atoms with Gasteiger partial charge in [0, 0.05) is 54.6 Å². The van der Waals surface area contributed by atoms with Crippen LogP contribution in [0.3, 0.4) is 0 Å². The minimum Gasteiger partial charge on any atom is -0.248 e. The van der Waals surface area contributed by atoms with E-state index >= 15 is 0 Å². The summed E-state index contributed by atoms with van der Waals surface area (Å²) in [5, 5.41) is 14.1. The Labute approximate surface area is 356 Å². The van der Waals surface area contributed by atoms with Crippen LogP contribution in [0.4, 0.5) is 0 Å². The molecule has 0 aliphatic heterocycles. The van der Waals surface area contributed by atoms with Gasteiger partial charge in [-0.3, -0.25) is 0 Å². The van der Waals surface area contributed by atoms with Crippen LogP contribution in [0.15, 0.2) is 206 Å². The molecule has 0 amide bonds. The quantitative estimate of drug-likeness (QED) is 0.167. The number of fused-ring (bicyclic) bond motifs is 14. The predicted octanol–water partition coefficient (Wildman–Crippen LogP) is 15.2. The first-order valence-corrected chi connectivity index (χ1v) is 21.0. The van der Waals surface area contributed by atoms with Crippen molar-refractivity contribution in [2.45, 2.75) is 0 Å². The third-order valence-electron chi connectivity index (χ3n) is 12.6. The average Bonchev–Trinajstić information content (AvgIpc) is 3.35. The molecule has 13 aromatic rings. The van der Waals surface area contributed by atoms with E-state index in [-0.39, 0.29) is 0 Å². The SMILES string of the molecule is c1ccc(-c2ccc3ccc4ccc(-c5ccc6c(ccc7nc(-c8cccc(-c9nc%10ccccc%10c%10c%11ccccc%11c%11ccccc%11c9%10)c8)ccc76)c5)nc4c3n2)cc1. The summed E-state index contributed by atoms with van der Waals surface area (Å²) in [5.41, 5.74) is 11.8. The summed E-state index contributed by atoms with van der Waals surface area (Å²) in [6, 6.07) is 73.1. The molecule has 0 spiro atoms. The second-order valence-electron chi connectivity index (χ2n) is 16.1. The van der Waals surface area contributed by atoms with Crippen LogP contribution >= 0.6 is 0 Å². The number of hydrogen-bond donors (Lipinski definition) is 0. The van der Waals surface area contributed by atoms with Crippen molar-refractivity contribution in [1.29, 1.82) is 0 Å². The van der Waals surface area contributed by atoms with E-state index in [1.807, 2.05) is 18.2 Å². The Morgan fingerprint density at radius 1 is 0.242 bits per heavy atom. The Bertz CT molecular complexity index is 3990. The standard InChI is InChI=1S/C58H34N4/c1-2-11-35(12-3-1)49-29-24-36-21-22-37-25-30-51(61-58(37)57(36)60-49)40-23-27-42-38(33-40)26-31-53-45(42)28-32-50(59-53)39-13-10-14-41(34-39)56-55-47-18-7-5-16-44(47)43-15-4-6-17-46(43)54(55)48-19-8-9-20-52(48)62-56/h1-34H. The zero-order valence-electron chi connectivity index (χ0n) is 33.4. The summed E-state index contributed by atoms with van der Waals surface area (Å²) >= 11 is 0. The van der Waals surface area contributed by atoms with Crippen molar-refractivity contribution in [3.05, 3.63) is 206 Å². The lowest BCUT2D eigenvalue weighted by Gasteiger charge is -2.16. The molecule has 0 fully saturated rings. The summed E-state index contributed by atoms with van der Waals surface area (Å²) in [7, 11) is 0. The summed E-state index contributed by atoms with van der Waals surface area (Å²) in [4.78, 5) is 21.0. The van der Waals surface area contributed by atoms with Crippen LogP contribution in [0.1, 0.15) is 0 Å². The van der Waals surface area contributed by atoms with Crippen molar-refractivity contribution < 1.29 is 0 Å². The molecule has 0 bridgehead atoms. The Morgan fingerprint density at radius 3 is 1.52 bits per heavy atom. The molecular weight excluding hydrogens is 753 g/mol. The predicted molar refractivity (Wildman–Crippen MR) is 259 cm³/mol. The van der Waals surface area contributed by atoms with Crippen LogP contribution in [0.2, 0.25) is 0 Å². The molecule has 0 aliphatic rings. The van der Waals surface area contributed by atoms with E-state index < -0.39 is 0 Å². The van der Waals surface area contributed by atoms with Gasteiger partial charge in [0.25, 0.3) is 0 Å². The molecule has 4 heterocycles. The maximum absolute atomic E-state index is 5.39. The lowest BCUT2D eigenvalue weighted by molar-refractivity contribution is 1.37. The van der Waals surface area contributed by atoms with Crippen LogP contribution in [0.25, 0.3) is 132 Å². The number of rotatable bonds is 4. The fourth-order valence-electron chi connectivity index (χ4n) is 9.62. The smallest absolute Gasteiger partial charge is 0.0972 e. The van der Waals surface area contributed by atoms with E-state index in [0.717, 1.165) is 99.4 Å². The number of benzene rings is 9. The van der Waals surface area contributed by atoms with Crippen molar-refractivity contribution in [2.24, 2.45) is 0 Å². The van der Waals surface area contributed by atoms with Crippen molar-refractivity contribution in [3.8, 4) is 45.0 Å². The number of nitrogens with zero attached hydrogens (tertiary/aromatic N) is 4. The van der Waals surface area contributed by atoms with E-state index in [0.29, 0.717) is 0 Å². The van der Waals surface area contributed by atoms with Gasteiger partial charge in [0.1, 0.15) is 0 Å². The van der Waals surface area contributed by atoms with E-state index in [4.69, 9.17) is 19.9 Å². The molecule has 0 radical (unpaired) electrons. The van der Waals surface area contributed by atoms with Crippen LogP contribution in [0.5, 0.6) is 0 Å². The first kappa shape index (κ1) is 34.5. The second kappa shape index (κ2) is 13.6. The molecule has 286 valence electrons. The Hall–Kier alpha value is -8.34. The summed E-state index contributed by atoms with van der Waals surface area (Å²) in [6.07, 6.45) is 0. The zero-order chi connectivity index (χ0) is 40.7. The zero-order valence-corrected chi connectivity index (χ0v) is 33.4. The summed E-state index contributed by atoms with van der Waals surface area (Å²) < 4.78 is 0. The minimum absolute atomic E-state index is 0.906. The third kappa shape index (κ3) is 5.40. The fourth-order valence-corrected chi connectivity index (χ4v) is 9.62. The van der Waals surface area contributed by atoms with Crippen LogP contribution in [0, 0.1) is 0 Å². The van der Waals surface area contributed by atoms with Gasteiger partial charge in [0.2, 0.25) is 0 Å². The average molecular weight is 787 g/mol. The molecule has 4 aromatic heterocycles. The molecule has 13 rings (SSSR count). The highest BCUT2D eigenvalue weighted by Gasteiger charge is 2.18. The third-order valence-corrected chi connectivity index (χ3v) is 12.6. The summed E-state index contributed by atoms with van der Waals surface area (Å²) in [5.74, 6) is 0. The van der Waals surface area contributed by atoms with Gasteiger partial charge in [-0.2, -0.15) is 0 Å². The largest absolute Gasteiger partial charge is 0.248 e. The van der Waals surface area contributed by atoms with Gasteiger partial charge in [0.15, 0.2) is 0 Å². The molecule has 62 heavy (non-hydrogen) atoms. The van der Waals surface area contributed by atoms with Gasteiger partial charge in [-0.05, 0) is 74.8 Å². The molecule has 0 unspecified atom stereocenters. The molecular formula is C58H34N4. The van der Waals surface area contributed by atoms with Gasteiger partial charge in [0.05, 0.1) is 44.8 Å². The first-order chi connectivity index (χ1) is 30.7. The first-order valence-electron chi connectivity index (χ1n) is 21.0. The molecule has 4 nitrogen and oxygen atoms in total. The Balaban J connectivity index is 0.901. The van der Waals surface area contributed by atoms with Crippen molar-refractivity contribution >= 4 is 86.7 Å². The minimum atomic E-state index is 0.906. The number of para-hydroxylation sites is 1. The molecule has 9 aromatic carbocycles. The number of aromatic nitrogens is 4. The monoisotopic (exact) mass is 786 g/mol. The summed E-state index contributed by atoms with van der Waals surface area (Å²) in [6.45, 7) is 0. The van der Waals surface area contributed by atoms with Gasteiger partial charge < -0.3 is 0 Å². The van der Waals surface area contributed by atoms with Crippen LogP contribution < -0.4 is 0 Å². The molecule has 0 aliphatic carbocycles. The molecule has 0 saturated heterocycles. The normalized spacial score (nSPS) is 11.9. The number of hydrogen-bond acceptors (Lipinski definition) is 4. The highest BCUT2D eigenvalue weighted by Crippen LogP contribution is 2.43. The van der Waals surface area contributed by atoms with Crippen molar-refractivity contribution in [1.82, 2.24) is 19.9 Å². The maximum Gasteiger partial charge on any atom is 0.0972 e. The van der Waals surface area contributed by atoms with E-state index in [1.54, 1.807) is 0 Å². The molecule has 0 N–H and O–H groups in total. The Morgan fingerprint density at radius 2 is 0.758 bits per heavy atom. The Kier molecular flexibility index (Phi) is 7.57. The highest BCUT2D eigenvalue weighted by molar-refractivity contribution is 6.33. The van der Waals surface area contributed by atoms with Gasteiger partial charge in [-0.1, -0.05) is 164 Å². The lowest BCUT2D eigenvalue weighted by Crippen LogP contribution is -1.93. The van der Waals surface area contributed by atoms with Gasteiger partial charge in [-0.15, -0.1) is 0 Å². The molecule has 4 heteroatoms. The van der Waals surface area contributed by atoms with Crippen molar-refractivity contribution in [2.75, 3.05) is 0 Å².